The summed E-state index contributed by atoms with van der Waals surface area (Å²) in [5.41, 5.74) is 0. The van der Waals surface area contributed by atoms with Crippen molar-refractivity contribution in [1.29, 1.82) is 0 Å². The van der Waals surface area contributed by atoms with Gasteiger partial charge in [-0.25, -0.2) is 4.98 Å². The number of pyridine rings is 1. The van der Waals surface area contributed by atoms with Gasteiger partial charge >= 0.3 is 0 Å². The van der Waals surface area contributed by atoms with E-state index < -0.39 is 0 Å². The lowest BCUT2D eigenvalue weighted by molar-refractivity contribution is -0.133. The first-order chi connectivity index (χ1) is 15.7. The maximum absolute atomic E-state index is 12.6. The molecule has 0 radical (unpaired) electrons. The number of carbonyl (C=O) groups is 2. The molecule has 2 aromatic heterocycles. The highest BCUT2D eigenvalue weighted by Gasteiger charge is 2.26. The Balaban J connectivity index is 1.20. The Morgan fingerprint density at radius 3 is 2.47 bits per heavy atom. The van der Waals surface area contributed by atoms with Crippen molar-refractivity contribution in [2.24, 2.45) is 0 Å². The number of nitrogens with one attached hydrogen (secondary N) is 1. The number of rotatable bonds is 8. The number of nitrogens with zero attached hydrogens (tertiary/aromatic N) is 4. The SMILES string of the molecule is O=C(CCC(=O)N1CCN(c2ccccn2)CC1)NCC(c1ccco1)N1CCCCC1. The number of piperazine rings is 1. The zero-order valence-corrected chi connectivity index (χ0v) is 18.6. The van der Waals surface area contributed by atoms with Crippen molar-refractivity contribution in [2.75, 3.05) is 50.7 Å². The van der Waals surface area contributed by atoms with Crippen LogP contribution in [-0.2, 0) is 9.59 Å². The summed E-state index contributed by atoms with van der Waals surface area (Å²) in [5.74, 6) is 1.78. The highest BCUT2D eigenvalue weighted by molar-refractivity contribution is 5.84. The molecule has 2 aliphatic heterocycles. The van der Waals surface area contributed by atoms with E-state index in [9.17, 15) is 9.59 Å². The van der Waals surface area contributed by atoms with Gasteiger partial charge in [-0.05, 0) is 50.2 Å². The Labute approximate surface area is 189 Å². The van der Waals surface area contributed by atoms with Crippen LogP contribution in [-0.4, -0.2) is 72.4 Å². The van der Waals surface area contributed by atoms with E-state index in [0.29, 0.717) is 19.6 Å². The van der Waals surface area contributed by atoms with Crippen molar-refractivity contribution < 1.29 is 14.0 Å². The molecule has 1 N–H and O–H groups in total. The molecule has 172 valence electrons. The molecule has 2 aliphatic rings. The monoisotopic (exact) mass is 439 g/mol. The number of hydrogen-bond acceptors (Lipinski definition) is 6. The van der Waals surface area contributed by atoms with E-state index in [2.05, 4.69) is 20.1 Å². The number of furan rings is 1. The maximum atomic E-state index is 12.6. The van der Waals surface area contributed by atoms with E-state index >= 15 is 0 Å². The molecule has 2 saturated heterocycles. The second-order valence-corrected chi connectivity index (χ2v) is 8.49. The Kier molecular flexibility index (Phi) is 7.77. The van der Waals surface area contributed by atoms with Crippen LogP contribution in [0.2, 0.25) is 0 Å². The second kappa shape index (κ2) is 11.1. The van der Waals surface area contributed by atoms with Gasteiger partial charge < -0.3 is 19.5 Å². The zero-order chi connectivity index (χ0) is 22.2. The summed E-state index contributed by atoms with van der Waals surface area (Å²) in [6, 6.07) is 9.77. The molecule has 0 spiro atoms. The van der Waals surface area contributed by atoms with Gasteiger partial charge in [0, 0.05) is 51.8 Å². The first kappa shape index (κ1) is 22.3. The van der Waals surface area contributed by atoms with E-state index in [1.807, 2.05) is 35.2 Å². The fourth-order valence-corrected chi connectivity index (χ4v) is 4.52. The number of hydrogen-bond donors (Lipinski definition) is 1. The zero-order valence-electron chi connectivity index (χ0n) is 18.6. The van der Waals surface area contributed by atoms with Crippen LogP contribution in [0.4, 0.5) is 5.82 Å². The van der Waals surface area contributed by atoms with Crippen molar-refractivity contribution in [3.8, 4) is 0 Å². The van der Waals surface area contributed by atoms with Gasteiger partial charge in [0.2, 0.25) is 11.8 Å². The maximum Gasteiger partial charge on any atom is 0.223 e. The smallest absolute Gasteiger partial charge is 0.223 e. The quantitative estimate of drug-likeness (QED) is 0.680. The highest BCUT2D eigenvalue weighted by Crippen LogP contribution is 2.24. The Morgan fingerprint density at radius 2 is 1.78 bits per heavy atom. The third-order valence-corrected chi connectivity index (χ3v) is 6.37. The second-order valence-electron chi connectivity index (χ2n) is 8.49. The Bertz CT molecular complexity index is 844. The van der Waals surface area contributed by atoms with Crippen LogP contribution < -0.4 is 10.2 Å². The number of anilines is 1. The van der Waals surface area contributed by atoms with Gasteiger partial charge in [-0.1, -0.05) is 12.5 Å². The summed E-state index contributed by atoms with van der Waals surface area (Å²) >= 11 is 0. The van der Waals surface area contributed by atoms with Gasteiger partial charge in [-0.3, -0.25) is 14.5 Å². The number of likely N-dealkylation sites (tertiary alicyclic amines) is 1. The molecule has 32 heavy (non-hydrogen) atoms. The predicted molar refractivity (Wildman–Crippen MR) is 122 cm³/mol. The fourth-order valence-electron chi connectivity index (χ4n) is 4.52. The Hall–Kier alpha value is -2.87. The molecule has 1 atom stereocenters. The van der Waals surface area contributed by atoms with Crippen LogP contribution in [0.1, 0.15) is 43.9 Å². The molecular formula is C24H33N5O3. The first-order valence-corrected chi connectivity index (χ1v) is 11.7. The lowest BCUT2D eigenvalue weighted by Gasteiger charge is -2.35. The van der Waals surface area contributed by atoms with Gasteiger partial charge in [0.1, 0.15) is 11.6 Å². The van der Waals surface area contributed by atoms with Gasteiger partial charge in [-0.2, -0.15) is 0 Å². The largest absolute Gasteiger partial charge is 0.468 e. The number of aromatic nitrogens is 1. The molecular weight excluding hydrogens is 406 g/mol. The summed E-state index contributed by atoms with van der Waals surface area (Å²) in [5, 5.41) is 3.03. The normalized spacial score (nSPS) is 18.4. The van der Waals surface area contributed by atoms with Crippen molar-refractivity contribution in [3.05, 3.63) is 48.6 Å². The van der Waals surface area contributed by atoms with E-state index in [1.165, 1.54) is 19.3 Å². The van der Waals surface area contributed by atoms with Gasteiger partial charge in [0.25, 0.3) is 0 Å². The highest BCUT2D eigenvalue weighted by atomic mass is 16.3. The van der Waals surface area contributed by atoms with Crippen LogP contribution >= 0.6 is 0 Å². The standard InChI is InChI=1S/C24H33N5O3/c30-23(26-19-20(21-7-6-18-32-21)27-12-4-1-5-13-27)9-10-24(31)29-16-14-28(15-17-29)22-8-2-3-11-25-22/h2-3,6-8,11,18,20H,1,4-5,9-10,12-17,19H2,(H,26,30). The van der Waals surface area contributed by atoms with Gasteiger partial charge in [-0.15, -0.1) is 0 Å². The minimum atomic E-state index is -0.0842. The van der Waals surface area contributed by atoms with Gasteiger partial charge in [0.15, 0.2) is 0 Å². The fraction of sp³-hybridized carbons (Fsp3) is 0.542. The van der Waals surface area contributed by atoms with E-state index in [0.717, 1.165) is 37.8 Å². The van der Waals surface area contributed by atoms with E-state index in [4.69, 9.17) is 4.42 Å². The molecule has 0 aliphatic carbocycles. The summed E-state index contributed by atoms with van der Waals surface area (Å²) in [6.45, 7) is 5.38. The number of amides is 2. The molecule has 2 aromatic rings. The van der Waals surface area contributed by atoms with Crippen molar-refractivity contribution in [3.63, 3.8) is 0 Å². The topological polar surface area (TPSA) is 81.9 Å². The van der Waals surface area contributed by atoms with Crippen molar-refractivity contribution in [1.82, 2.24) is 20.1 Å². The van der Waals surface area contributed by atoms with E-state index in [-0.39, 0.29) is 30.7 Å². The van der Waals surface area contributed by atoms with Gasteiger partial charge in [0.05, 0.1) is 12.3 Å². The lowest BCUT2D eigenvalue weighted by atomic mass is 10.1. The van der Waals surface area contributed by atoms with Crippen LogP contribution in [0.15, 0.2) is 47.2 Å². The minimum Gasteiger partial charge on any atom is -0.468 e. The van der Waals surface area contributed by atoms with Crippen LogP contribution in [0.5, 0.6) is 0 Å². The molecule has 8 heteroatoms. The van der Waals surface area contributed by atoms with Crippen LogP contribution in [0, 0.1) is 0 Å². The average molecular weight is 440 g/mol. The number of carbonyl (C=O) groups excluding carboxylic acids is 2. The molecule has 0 bridgehead atoms. The third-order valence-electron chi connectivity index (χ3n) is 6.37. The van der Waals surface area contributed by atoms with Crippen molar-refractivity contribution >= 4 is 17.6 Å². The van der Waals surface area contributed by atoms with E-state index in [1.54, 1.807) is 12.5 Å². The first-order valence-electron chi connectivity index (χ1n) is 11.7. The van der Waals surface area contributed by atoms with Crippen LogP contribution in [0.3, 0.4) is 0 Å². The lowest BCUT2D eigenvalue weighted by Crippen LogP contribution is -2.49. The summed E-state index contributed by atoms with van der Waals surface area (Å²) in [7, 11) is 0. The molecule has 0 saturated carbocycles. The molecule has 4 rings (SSSR count). The molecule has 8 nitrogen and oxygen atoms in total. The third kappa shape index (κ3) is 5.88. The predicted octanol–water partition coefficient (Wildman–Crippen LogP) is 2.45. The Morgan fingerprint density at radius 1 is 0.969 bits per heavy atom. The number of piperidine rings is 1. The molecule has 1 unspecified atom stereocenters. The summed E-state index contributed by atoms with van der Waals surface area (Å²) < 4.78 is 5.64. The molecule has 2 amide bonds. The molecule has 2 fully saturated rings. The average Bonchev–Trinajstić information content (AvgIpc) is 3.39. The summed E-state index contributed by atoms with van der Waals surface area (Å²) in [4.78, 5) is 35.9. The van der Waals surface area contributed by atoms with Crippen LogP contribution in [0.25, 0.3) is 0 Å². The minimum absolute atomic E-state index is 0.0411. The molecule has 0 aromatic carbocycles. The van der Waals surface area contributed by atoms with Crippen molar-refractivity contribution in [2.45, 2.75) is 38.1 Å². The summed E-state index contributed by atoms with van der Waals surface area (Å²) in [6.07, 6.45) is 7.52. The molecule has 4 heterocycles.